The normalized spacial score (nSPS) is 10.6. The summed E-state index contributed by atoms with van der Waals surface area (Å²) in [6.07, 6.45) is 8.05. The summed E-state index contributed by atoms with van der Waals surface area (Å²) < 4.78 is 2.10. The average Bonchev–Trinajstić information content (AvgIpc) is 2.70. The molecule has 0 amide bonds. The van der Waals surface area contributed by atoms with E-state index in [2.05, 4.69) is 41.6 Å². The molecule has 16 heavy (non-hydrogen) atoms. The van der Waals surface area contributed by atoms with Crippen molar-refractivity contribution in [3.63, 3.8) is 0 Å². The SMILES string of the molecule is CCCc1cc(C)cc(Cn2ccnc2)c1. The van der Waals surface area contributed by atoms with Gasteiger partial charge in [-0.25, -0.2) is 4.98 Å². The predicted molar refractivity (Wildman–Crippen MR) is 66.5 cm³/mol. The second-order valence-corrected chi connectivity index (χ2v) is 4.31. The molecule has 2 aromatic rings. The van der Waals surface area contributed by atoms with Crippen LogP contribution in [0.3, 0.4) is 0 Å². The highest BCUT2D eigenvalue weighted by Gasteiger charge is 1.99. The molecule has 0 N–H and O–H groups in total. The number of aryl methyl sites for hydroxylation is 2. The standard InChI is InChI=1S/C14H18N2/c1-3-4-13-7-12(2)8-14(9-13)10-16-6-5-15-11-16/h5-9,11H,3-4,10H2,1-2H3. The number of imidazole rings is 1. The number of hydrogen-bond acceptors (Lipinski definition) is 1. The molecule has 0 aliphatic rings. The molecule has 1 aromatic heterocycles. The molecule has 0 aliphatic carbocycles. The Bertz CT molecular complexity index is 444. The van der Waals surface area contributed by atoms with Gasteiger partial charge in [-0.15, -0.1) is 0 Å². The average molecular weight is 214 g/mol. The Morgan fingerprint density at radius 2 is 2.00 bits per heavy atom. The summed E-state index contributed by atoms with van der Waals surface area (Å²) in [4.78, 5) is 4.06. The first-order valence-electron chi connectivity index (χ1n) is 5.83. The Labute approximate surface area is 97.0 Å². The van der Waals surface area contributed by atoms with Gasteiger partial charge in [-0.1, -0.05) is 37.1 Å². The maximum Gasteiger partial charge on any atom is 0.0949 e. The third kappa shape index (κ3) is 2.72. The topological polar surface area (TPSA) is 17.8 Å². The highest BCUT2D eigenvalue weighted by Crippen LogP contribution is 2.12. The summed E-state index contributed by atoms with van der Waals surface area (Å²) in [5.41, 5.74) is 4.15. The molecule has 1 aromatic carbocycles. The number of benzene rings is 1. The molecule has 0 saturated heterocycles. The van der Waals surface area contributed by atoms with E-state index in [1.165, 1.54) is 29.5 Å². The minimum Gasteiger partial charge on any atom is -0.333 e. The van der Waals surface area contributed by atoms with Gasteiger partial charge in [-0.3, -0.25) is 0 Å². The highest BCUT2D eigenvalue weighted by atomic mass is 15.0. The molecule has 0 fully saturated rings. The lowest BCUT2D eigenvalue weighted by molar-refractivity contribution is 0.793. The van der Waals surface area contributed by atoms with Crippen molar-refractivity contribution < 1.29 is 0 Å². The maximum atomic E-state index is 4.06. The van der Waals surface area contributed by atoms with E-state index in [0.717, 1.165) is 6.54 Å². The molecule has 0 aliphatic heterocycles. The van der Waals surface area contributed by atoms with Crippen LogP contribution in [0.25, 0.3) is 0 Å². The Morgan fingerprint density at radius 3 is 2.69 bits per heavy atom. The fourth-order valence-corrected chi connectivity index (χ4v) is 2.06. The lowest BCUT2D eigenvalue weighted by Gasteiger charge is -2.07. The zero-order valence-corrected chi connectivity index (χ0v) is 9.98. The molecule has 2 nitrogen and oxygen atoms in total. The molecule has 1 heterocycles. The molecule has 0 bridgehead atoms. The van der Waals surface area contributed by atoms with Crippen molar-refractivity contribution in [3.8, 4) is 0 Å². The fourth-order valence-electron chi connectivity index (χ4n) is 2.06. The molecular weight excluding hydrogens is 196 g/mol. The van der Waals surface area contributed by atoms with Gasteiger partial charge in [0, 0.05) is 18.9 Å². The smallest absolute Gasteiger partial charge is 0.0949 e. The van der Waals surface area contributed by atoms with Gasteiger partial charge in [0.25, 0.3) is 0 Å². The molecule has 0 unspecified atom stereocenters. The van der Waals surface area contributed by atoms with Gasteiger partial charge >= 0.3 is 0 Å². The van der Waals surface area contributed by atoms with Crippen LogP contribution in [0.1, 0.15) is 30.0 Å². The molecule has 0 saturated carbocycles. The van der Waals surface area contributed by atoms with Crippen LogP contribution in [0, 0.1) is 6.92 Å². The molecule has 2 rings (SSSR count). The second-order valence-electron chi connectivity index (χ2n) is 4.31. The van der Waals surface area contributed by atoms with Gasteiger partial charge in [-0.05, 0) is 24.5 Å². The van der Waals surface area contributed by atoms with Crippen molar-refractivity contribution >= 4 is 0 Å². The van der Waals surface area contributed by atoms with Crippen LogP contribution in [0.15, 0.2) is 36.9 Å². The van der Waals surface area contributed by atoms with Crippen molar-refractivity contribution in [2.45, 2.75) is 33.2 Å². The van der Waals surface area contributed by atoms with Crippen LogP contribution in [0.5, 0.6) is 0 Å². The first kappa shape index (κ1) is 10.9. The third-order valence-electron chi connectivity index (χ3n) is 2.66. The Morgan fingerprint density at radius 1 is 1.19 bits per heavy atom. The van der Waals surface area contributed by atoms with Gasteiger partial charge in [0.15, 0.2) is 0 Å². The maximum absolute atomic E-state index is 4.06. The van der Waals surface area contributed by atoms with Gasteiger partial charge in [0.1, 0.15) is 0 Å². The fraction of sp³-hybridized carbons (Fsp3) is 0.357. The minimum atomic E-state index is 0.915. The third-order valence-corrected chi connectivity index (χ3v) is 2.66. The monoisotopic (exact) mass is 214 g/mol. The van der Waals surface area contributed by atoms with Crippen LogP contribution in [-0.4, -0.2) is 9.55 Å². The van der Waals surface area contributed by atoms with Crippen LogP contribution in [0.2, 0.25) is 0 Å². The van der Waals surface area contributed by atoms with Crippen molar-refractivity contribution in [2.75, 3.05) is 0 Å². The van der Waals surface area contributed by atoms with E-state index >= 15 is 0 Å². The summed E-state index contributed by atoms with van der Waals surface area (Å²) in [5.74, 6) is 0. The minimum absolute atomic E-state index is 0.915. The number of rotatable bonds is 4. The van der Waals surface area contributed by atoms with Crippen LogP contribution >= 0.6 is 0 Å². The summed E-state index contributed by atoms with van der Waals surface area (Å²) in [7, 11) is 0. The second kappa shape index (κ2) is 4.97. The lowest BCUT2D eigenvalue weighted by atomic mass is 10.0. The number of aromatic nitrogens is 2. The highest BCUT2D eigenvalue weighted by molar-refractivity contribution is 5.29. The van der Waals surface area contributed by atoms with E-state index in [1.54, 1.807) is 0 Å². The van der Waals surface area contributed by atoms with Crippen molar-refractivity contribution in [2.24, 2.45) is 0 Å². The van der Waals surface area contributed by atoms with E-state index < -0.39 is 0 Å². The van der Waals surface area contributed by atoms with Gasteiger partial charge in [-0.2, -0.15) is 0 Å². The largest absolute Gasteiger partial charge is 0.333 e. The number of hydrogen-bond donors (Lipinski definition) is 0. The summed E-state index contributed by atoms with van der Waals surface area (Å²) in [6.45, 7) is 5.30. The van der Waals surface area contributed by atoms with Crippen LogP contribution in [-0.2, 0) is 13.0 Å². The van der Waals surface area contributed by atoms with Gasteiger partial charge in [0.2, 0.25) is 0 Å². The molecule has 0 radical (unpaired) electrons. The van der Waals surface area contributed by atoms with E-state index in [9.17, 15) is 0 Å². The molecule has 0 spiro atoms. The Balaban J connectivity index is 2.20. The first-order chi connectivity index (χ1) is 7.78. The quantitative estimate of drug-likeness (QED) is 0.764. The Hall–Kier alpha value is -1.57. The lowest BCUT2D eigenvalue weighted by Crippen LogP contribution is -1.98. The van der Waals surface area contributed by atoms with Crippen molar-refractivity contribution in [1.29, 1.82) is 0 Å². The van der Waals surface area contributed by atoms with E-state index in [-0.39, 0.29) is 0 Å². The van der Waals surface area contributed by atoms with E-state index in [4.69, 9.17) is 0 Å². The number of nitrogens with zero attached hydrogens (tertiary/aromatic N) is 2. The zero-order chi connectivity index (χ0) is 11.4. The van der Waals surface area contributed by atoms with E-state index in [0.29, 0.717) is 0 Å². The predicted octanol–water partition coefficient (Wildman–Crippen LogP) is 3.19. The van der Waals surface area contributed by atoms with Crippen molar-refractivity contribution in [3.05, 3.63) is 53.6 Å². The van der Waals surface area contributed by atoms with Crippen LogP contribution < -0.4 is 0 Å². The molecule has 0 atom stereocenters. The first-order valence-corrected chi connectivity index (χ1v) is 5.83. The van der Waals surface area contributed by atoms with Gasteiger partial charge in [0.05, 0.1) is 6.33 Å². The summed E-state index contributed by atoms with van der Waals surface area (Å²) in [6, 6.07) is 6.83. The molecule has 2 heteroatoms. The summed E-state index contributed by atoms with van der Waals surface area (Å²) >= 11 is 0. The summed E-state index contributed by atoms with van der Waals surface area (Å²) in [5, 5.41) is 0. The zero-order valence-electron chi connectivity index (χ0n) is 9.98. The van der Waals surface area contributed by atoms with E-state index in [1.807, 2.05) is 18.7 Å². The molecule has 84 valence electrons. The van der Waals surface area contributed by atoms with Gasteiger partial charge < -0.3 is 4.57 Å². The van der Waals surface area contributed by atoms with Crippen molar-refractivity contribution in [1.82, 2.24) is 9.55 Å². The van der Waals surface area contributed by atoms with Crippen LogP contribution in [0.4, 0.5) is 0 Å². The Kier molecular flexibility index (Phi) is 3.40. The molecular formula is C14H18N2.